The van der Waals surface area contributed by atoms with Crippen LogP contribution < -0.4 is 21.3 Å². The number of amides is 5. The van der Waals surface area contributed by atoms with Gasteiger partial charge in [-0.3, -0.25) is 10.1 Å². The predicted octanol–water partition coefficient (Wildman–Crippen LogP) is 1.73. The van der Waals surface area contributed by atoms with Crippen LogP contribution in [0, 0.1) is 5.41 Å². The van der Waals surface area contributed by atoms with Gasteiger partial charge < -0.3 is 16.0 Å². The van der Waals surface area contributed by atoms with Gasteiger partial charge >= 0.3 is 12.1 Å². The van der Waals surface area contributed by atoms with Gasteiger partial charge in [-0.1, -0.05) is 32.9 Å². The monoisotopic (exact) mass is 304 g/mol. The number of carbonyl (C=O) groups is 3. The summed E-state index contributed by atoms with van der Waals surface area (Å²) in [6.07, 6.45) is 0. The van der Waals surface area contributed by atoms with Gasteiger partial charge in [0, 0.05) is 12.2 Å². The number of benzene rings is 1. The van der Waals surface area contributed by atoms with E-state index in [2.05, 4.69) is 21.3 Å². The molecule has 2 rings (SSSR count). The van der Waals surface area contributed by atoms with Gasteiger partial charge in [0.25, 0.3) is 5.91 Å². The molecule has 7 nitrogen and oxygen atoms in total. The third-order valence-corrected chi connectivity index (χ3v) is 3.06. The van der Waals surface area contributed by atoms with Gasteiger partial charge in [-0.25, -0.2) is 9.59 Å². The molecule has 118 valence electrons. The summed E-state index contributed by atoms with van der Waals surface area (Å²) in [6.45, 7) is 6.65. The van der Waals surface area contributed by atoms with Gasteiger partial charge in [0.1, 0.15) is 6.04 Å². The van der Waals surface area contributed by atoms with E-state index in [1.54, 1.807) is 24.3 Å². The fourth-order valence-corrected chi connectivity index (χ4v) is 1.93. The Hall–Kier alpha value is -2.57. The predicted molar refractivity (Wildman–Crippen MR) is 82.3 cm³/mol. The maximum absolute atomic E-state index is 11.8. The molecule has 0 aliphatic carbocycles. The Labute approximate surface area is 128 Å². The molecule has 1 aliphatic rings. The lowest BCUT2D eigenvalue weighted by molar-refractivity contribution is -0.120. The summed E-state index contributed by atoms with van der Waals surface area (Å²) in [5.74, 6) is -0.381. The minimum absolute atomic E-state index is 0.00917. The zero-order chi connectivity index (χ0) is 16.3. The third kappa shape index (κ3) is 4.21. The van der Waals surface area contributed by atoms with Crippen LogP contribution in [0.3, 0.4) is 0 Å². The first kappa shape index (κ1) is 15.8. The van der Waals surface area contributed by atoms with Crippen molar-refractivity contribution in [3.8, 4) is 0 Å². The molecule has 1 atom stereocenters. The molecule has 0 bridgehead atoms. The Morgan fingerprint density at radius 1 is 1.18 bits per heavy atom. The zero-order valence-electron chi connectivity index (χ0n) is 12.8. The van der Waals surface area contributed by atoms with Crippen molar-refractivity contribution in [2.24, 2.45) is 5.41 Å². The van der Waals surface area contributed by atoms with Crippen molar-refractivity contribution in [2.75, 3.05) is 11.9 Å². The van der Waals surface area contributed by atoms with Crippen LogP contribution in [0.4, 0.5) is 15.3 Å². The van der Waals surface area contributed by atoms with E-state index in [9.17, 15) is 14.4 Å². The number of rotatable bonds is 3. The van der Waals surface area contributed by atoms with Gasteiger partial charge in [-0.15, -0.1) is 0 Å². The first-order chi connectivity index (χ1) is 10.2. The largest absolute Gasteiger partial charge is 0.337 e. The van der Waals surface area contributed by atoms with Crippen molar-refractivity contribution >= 4 is 23.7 Å². The van der Waals surface area contributed by atoms with Crippen LogP contribution in [0.5, 0.6) is 0 Å². The van der Waals surface area contributed by atoms with Crippen molar-refractivity contribution in [1.82, 2.24) is 16.0 Å². The number of anilines is 1. The second-order valence-corrected chi connectivity index (χ2v) is 6.39. The molecule has 1 aromatic rings. The van der Waals surface area contributed by atoms with Crippen molar-refractivity contribution in [1.29, 1.82) is 0 Å². The number of hydrogen-bond donors (Lipinski definition) is 4. The van der Waals surface area contributed by atoms with Gasteiger partial charge in [0.2, 0.25) is 0 Å². The molecule has 1 heterocycles. The number of nitrogens with one attached hydrogen (secondary N) is 4. The van der Waals surface area contributed by atoms with E-state index in [1.807, 2.05) is 20.8 Å². The highest BCUT2D eigenvalue weighted by Gasteiger charge is 2.30. The van der Waals surface area contributed by atoms with E-state index < -0.39 is 12.1 Å². The van der Waals surface area contributed by atoms with Gasteiger partial charge in [0.05, 0.1) is 0 Å². The van der Waals surface area contributed by atoms with E-state index in [0.717, 1.165) is 0 Å². The number of urea groups is 2. The molecule has 1 unspecified atom stereocenters. The second-order valence-electron chi connectivity index (χ2n) is 6.39. The van der Waals surface area contributed by atoms with Gasteiger partial charge in [-0.05, 0) is 23.1 Å². The average Bonchev–Trinajstić information content (AvgIpc) is 2.76. The maximum Gasteiger partial charge on any atom is 0.322 e. The Morgan fingerprint density at radius 3 is 2.32 bits per heavy atom. The van der Waals surface area contributed by atoms with Crippen LogP contribution >= 0.6 is 0 Å². The molecule has 5 amide bonds. The Balaban J connectivity index is 1.93. The normalized spacial score (nSPS) is 17.7. The molecular weight excluding hydrogens is 284 g/mol. The molecule has 1 aromatic carbocycles. The Kier molecular flexibility index (Phi) is 4.35. The number of imide groups is 1. The molecule has 0 saturated carbocycles. The molecule has 4 N–H and O–H groups in total. The highest BCUT2D eigenvalue weighted by atomic mass is 16.2. The third-order valence-electron chi connectivity index (χ3n) is 3.06. The van der Waals surface area contributed by atoms with Crippen LogP contribution in [-0.2, 0) is 4.79 Å². The molecule has 1 saturated heterocycles. The zero-order valence-corrected chi connectivity index (χ0v) is 12.8. The van der Waals surface area contributed by atoms with Crippen LogP contribution in [0.2, 0.25) is 0 Å². The van der Waals surface area contributed by atoms with E-state index in [4.69, 9.17) is 0 Å². The van der Waals surface area contributed by atoms with E-state index in [0.29, 0.717) is 17.8 Å². The summed E-state index contributed by atoms with van der Waals surface area (Å²) in [7, 11) is 0. The molecule has 22 heavy (non-hydrogen) atoms. The lowest BCUT2D eigenvalue weighted by atomic mass is 9.97. The molecule has 1 aliphatic heterocycles. The molecule has 0 aromatic heterocycles. The van der Waals surface area contributed by atoms with Gasteiger partial charge in [0.15, 0.2) is 0 Å². The first-order valence-corrected chi connectivity index (χ1v) is 7.01. The summed E-state index contributed by atoms with van der Waals surface area (Å²) in [5, 5.41) is 10.2. The van der Waals surface area contributed by atoms with Crippen LogP contribution in [-0.4, -0.2) is 24.5 Å². The SMILES string of the molecule is CC(C)(C)CNC(=O)Nc1ccc(C2NC(=O)NC2=O)cc1. The molecule has 1 fully saturated rings. The minimum Gasteiger partial charge on any atom is -0.337 e. The van der Waals surface area contributed by atoms with Crippen molar-refractivity contribution in [3.63, 3.8) is 0 Å². The maximum atomic E-state index is 11.8. The van der Waals surface area contributed by atoms with E-state index in [1.165, 1.54) is 0 Å². The molecule has 0 radical (unpaired) electrons. The fourth-order valence-electron chi connectivity index (χ4n) is 1.93. The van der Waals surface area contributed by atoms with Crippen LogP contribution in [0.1, 0.15) is 32.4 Å². The topological polar surface area (TPSA) is 99.3 Å². The lowest BCUT2D eigenvalue weighted by Gasteiger charge is -2.19. The quantitative estimate of drug-likeness (QED) is 0.640. The summed E-state index contributed by atoms with van der Waals surface area (Å²) in [4.78, 5) is 34.4. The second kappa shape index (κ2) is 6.05. The first-order valence-electron chi connectivity index (χ1n) is 7.01. The van der Waals surface area contributed by atoms with Crippen molar-refractivity contribution in [2.45, 2.75) is 26.8 Å². The molecule has 7 heteroatoms. The summed E-state index contributed by atoms with van der Waals surface area (Å²) in [5.41, 5.74) is 1.28. The highest BCUT2D eigenvalue weighted by Crippen LogP contribution is 2.19. The summed E-state index contributed by atoms with van der Waals surface area (Å²) < 4.78 is 0. The average molecular weight is 304 g/mol. The molecule has 0 spiro atoms. The van der Waals surface area contributed by atoms with Crippen molar-refractivity contribution in [3.05, 3.63) is 29.8 Å². The van der Waals surface area contributed by atoms with Crippen LogP contribution in [0.15, 0.2) is 24.3 Å². The van der Waals surface area contributed by atoms with Gasteiger partial charge in [-0.2, -0.15) is 0 Å². The van der Waals surface area contributed by atoms with E-state index >= 15 is 0 Å². The Morgan fingerprint density at radius 2 is 1.82 bits per heavy atom. The highest BCUT2D eigenvalue weighted by molar-refractivity contribution is 6.04. The fraction of sp³-hybridized carbons (Fsp3) is 0.400. The summed E-state index contributed by atoms with van der Waals surface area (Å²) in [6, 6.07) is 5.28. The number of carbonyl (C=O) groups excluding carboxylic acids is 3. The minimum atomic E-state index is -0.684. The smallest absolute Gasteiger partial charge is 0.322 e. The van der Waals surface area contributed by atoms with Crippen molar-refractivity contribution < 1.29 is 14.4 Å². The lowest BCUT2D eigenvalue weighted by Crippen LogP contribution is -2.35. The number of hydrogen-bond acceptors (Lipinski definition) is 3. The standard InChI is InChI=1S/C15H20N4O3/c1-15(2,3)8-16-13(21)17-10-6-4-9(5-7-10)11-12(20)19-14(22)18-11/h4-7,11H,8H2,1-3H3,(H2,16,17,21)(H2,18,19,20,22). The Bertz CT molecular complexity index is 590. The van der Waals surface area contributed by atoms with Crippen LogP contribution in [0.25, 0.3) is 0 Å². The summed E-state index contributed by atoms with van der Waals surface area (Å²) >= 11 is 0. The van der Waals surface area contributed by atoms with E-state index in [-0.39, 0.29) is 17.4 Å². The molecular formula is C15H20N4O3.